The van der Waals surface area contributed by atoms with Gasteiger partial charge in [0.25, 0.3) is 0 Å². The van der Waals surface area contributed by atoms with Gasteiger partial charge in [-0.1, -0.05) is 30.1 Å². The fraction of sp³-hybridized carbons (Fsp3) is 0.562. The van der Waals surface area contributed by atoms with Crippen molar-refractivity contribution < 1.29 is 9.90 Å². The molecule has 0 spiro atoms. The number of hydrogen-bond donors (Lipinski definition) is 1. The molecule has 2 saturated heterocycles. The Bertz CT molecular complexity index is 576. The Morgan fingerprint density at radius 3 is 2.76 bits per heavy atom. The zero-order valence-electron chi connectivity index (χ0n) is 12.0. The van der Waals surface area contributed by atoms with Gasteiger partial charge in [-0.3, -0.25) is 4.79 Å². The highest BCUT2D eigenvalue weighted by atomic mass is 35.5. The largest absolute Gasteiger partial charge is 0.390 e. The second-order valence-corrected chi connectivity index (χ2v) is 6.72. The molecular formula is C16H19Cl2NO2. The van der Waals surface area contributed by atoms with Crippen LogP contribution in [0.1, 0.15) is 43.2 Å². The van der Waals surface area contributed by atoms with E-state index in [4.69, 9.17) is 23.2 Å². The van der Waals surface area contributed by atoms with E-state index < -0.39 is 12.0 Å². The summed E-state index contributed by atoms with van der Waals surface area (Å²) >= 11 is 12.4. The van der Waals surface area contributed by atoms with E-state index in [0.29, 0.717) is 10.0 Å². The van der Waals surface area contributed by atoms with Gasteiger partial charge in [-0.25, -0.2) is 0 Å². The lowest BCUT2D eigenvalue weighted by molar-refractivity contribution is -0.130. The van der Waals surface area contributed by atoms with Crippen LogP contribution >= 0.6 is 23.2 Å². The number of carbonyl (C=O) groups is 1. The van der Waals surface area contributed by atoms with E-state index in [-0.39, 0.29) is 11.9 Å². The van der Waals surface area contributed by atoms with Crippen LogP contribution in [0.2, 0.25) is 10.0 Å². The van der Waals surface area contributed by atoms with Gasteiger partial charge in [0.05, 0.1) is 18.1 Å². The van der Waals surface area contributed by atoms with Crippen LogP contribution in [-0.2, 0) is 11.2 Å². The molecule has 3 rings (SSSR count). The number of aliphatic hydroxyl groups is 1. The molecule has 3 atom stereocenters. The number of piperidine rings is 1. The van der Waals surface area contributed by atoms with Gasteiger partial charge in [0.2, 0.25) is 5.91 Å². The van der Waals surface area contributed by atoms with Gasteiger partial charge in [0.1, 0.15) is 0 Å². The molecule has 2 aliphatic heterocycles. The van der Waals surface area contributed by atoms with Crippen molar-refractivity contribution in [3.63, 3.8) is 0 Å². The Morgan fingerprint density at radius 1 is 1.33 bits per heavy atom. The molecule has 1 aromatic carbocycles. The molecule has 0 radical (unpaired) electrons. The number of aryl methyl sites for hydroxylation is 1. The third-order valence-electron chi connectivity index (χ3n) is 4.71. The van der Waals surface area contributed by atoms with Gasteiger partial charge in [-0.2, -0.15) is 0 Å². The lowest BCUT2D eigenvalue weighted by atomic mass is 9.87. The van der Waals surface area contributed by atoms with Crippen molar-refractivity contribution in [3.05, 3.63) is 33.3 Å². The molecule has 5 heteroatoms. The molecule has 0 aliphatic carbocycles. The molecule has 2 heterocycles. The second-order valence-electron chi connectivity index (χ2n) is 5.88. The average molecular weight is 328 g/mol. The smallest absolute Gasteiger partial charge is 0.233 e. The molecule has 0 aromatic heterocycles. The van der Waals surface area contributed by atoms with E-state index in [9.17, 15) is 9.90 Å². The van der Waals surface area contributed by atoms with Crippen LogP contribution in [0.15, 0.2) is 12.1 Å². The number of fused-ring (bicyclic) bond motifs is 1. The van der Waals surface area contributed by atoms with Crippen molar-refractivity contribution in [2.75, 3.05) is 6.54 Å². The van der Waals surface area contributed by atoms with Crippen LogP contribution in [-0.4, -0.2) is 34.6 Å². The summed E-state index contributed by atoms with van der Waals surface area (Å²) in [5, 5.41) is 11.7. The Hall–Kier alpha value is -0.770. The van der Waals surface area contributed by atoms with E-state index in [2.05, 4.69) is 0 Å². The fourth-order valence-corrected chi connectivity index (χ4v) is 4.36. The van der Waals surface area contributed by atoms with Crippen molar-refractivity contribution >= 4 is 29.1 Å². The molecule has 114 valence electrons. The monoisotopic (exact) mass is 327 g/mol. The maximum atomic E-state index is 12.7. The van der Waals surface area contributed by atoms with E-state index in [0.717, 1.165) is 43.4 Å². The van der Waals surface area contributed by atoms with E-state index in [1.54, 1.807) is 6.07 Å². The SMILES string of the molecule is CCc1cc(Cl)cc(Cl)c1C1C(=O)N2CCCCC2C1O. The van der Waals surface area contributed by atoms with Crippen LogP contribution < -0.4 is 0 Å². The topological polar surface area (TPSA) is 40.5 Å². The number of rotatable bonds is 2. The summed E-state index contributed by atoms with van der Waals surface area (Å²) in [6.07, 6.45) is 3.00. The minimum absolute atomic E-state index is 0.00567. The standard InChI is InChI=1S/C16H19Cl2NO2/c1-2-9-7-10(17)8-11(18)13(9)14-15(20)12-5-3-4-6-19(12)16(14)21/h7-8,12,14-15,20H,2-6H2,1H3. The van der Waals surface area contributed by atoms with Gasteiger partial charge < -0.3 is 10.0 Å². The van der Waals surface area contributed by atoms with Crippen LogP contribution in [0.3, 0.4) is 0 Å². The summed E-state index contributed by atoms with van der Waals surface area (Å²) in [7, 11) is 0. The third-order valence-corrected chi connectivity index (χ3v) is 5.24. The Morgan fingerprint density at radius 2 is 2.10 bits per heavy atom. The fourth-order valence-electron chi connectivity index (χ4n) is 3.71. The van der Waals surface area contributed by atoms with Gasteiger partial charge in [-0.05, 0) is 48.9 Å². The molecule has 1 N–H and O–H groups in total. The van der Waals surface area contributed by atoms with Crippen molar-refractivity contribution in [2.24, 2.45) is 0 Å². The molecule has 3 unspecified atom stereocenters. The molecule has 1 aromatic rings. The summed E-state index contributed by atoms with van der Waals surface area (Å²) in [6, 6.07) is 3.45. The van der Waals surface area contributed by atoms with Gasteiger partial charge in [0, 0.05) is 16.6 Å². The lowest BCUT2D eigenvalue weighted by Gasteiger charge is -2.30. The first kappa shape index (κ1) is 15.1. The van der Waals surface area contributed by atoms with E-state index in [1.165, 1.54) is 0 Å². The summed E-state index contributed by atoms with van der Waals surface area (Å²) in [4.78, 5) is 14.6. The lowest BCUT2D eigenvalue weighted by Crippen LogP contribution is -2.40. The molecule has 2 fully saturated rings. The number of halogens is 2. The first-order valence-corrected chi connectivity index (χ1v) is 8.26. The number of benzene rings is 1. The zero-order chi connectivity index (χ0) is 15.1. The highest BCUT2D eigenvalue weighted by Crippen LogP contribution is 2.42. The molecule has 0 bridgehead atoms. The first-order chi connectivity index (χ1) is 10.0. The quantitative estimate of drug-likeness (QED) is 0.904. The van der Waals surface area contributed by atoms with Crippen LogP contribution in [0.5, 0.6) is 0 Å². The van der Waals surface area contributed by atoms with Crippen LogP contribution in [0.4, 0.5) is 0 Å². The van der Waals surface area contributed by atoms with Crippen molar-refractivity contribution in [2.45, 2.75) is 50.7 Å². The summed E-state index contributed by atoms with van der Waals surface area (Å²) in [5.74, 6) is -0.543. The Kier molecular flexibility index (Phi) is 4.17. The average Bonchev–Trinajstić information content (AvgIpc) is 2.71. The number of carbonyl (C=O) groups excluding carboxylic acids is 1. The Balaban J connectivity index is 2.06. The summed E-state index contributed by atoms with van der Waals surface area (Å²) < 4.78 is 0. The molecule has 21 heavy (non-hydrogen) atoms. The van der Waals surface area contributed by atoms with E-state index >= 15 is 0 Å². The zero-order valence-corrected chi connectivity index (χ0v) is 13.5. The Labute approximate surface area is 134 Å². The number of amides is 1. The van der Waals surface area contributed by atoms with E-state index in [1.807, 2.05) is 17.9 Å². The van der Waals surface area contributed by atoms with Gasteiger partial charge in [0.15, 0.2) is 0 Å². The molecule has 0 saturated carbocycles. The number of hydrogen-bond acceptors (Lipinski definition) is 2. The van der Waals surface area contributed by atoms with Crippen molar-refractivity contribution in [1.82, 2.24) is 4.90 Å². The highest BCUT2D eigenvalue weighted by Gasteiger charge is 2.49. The molecule has 1 amide bonds. The minimum Gasteiger partial charge on any atom is -0.390 e. The van der Waals surface area contributed by atoms with Crippen LogP contribution in [0, 0.1) is 0 Å². The van der Waals surface area contributed by atoms with Gasteiger partial charge >= 0.3 is 0 Å². The second kappa shape index (κ2) is 5.79. The summed E-state index contributed by atoms with van der Waals surface area (Å²) in [5.41, 5.74) is 1.71. The first-order valence-electron chi connectivity index (χ1n) is 7.51. The normalized spacial score (nSPS) is 28.9. The molecular weight excluding hydrogens is 309 g/mol. The predicted octanol–water partition coefficient (Wildman–Crippen LogP) is 3.40. The molecule has 2 aliphatic rings. The predicted molar refractivity (Wildman–Crippen MR) is 83.9 cm³/mol. The van der Waals surface area contributed by atoms with Crippen molar-refractivity contribution in [1.29, 1.82) is 0 Å². The minimum atomic E-state index is -0.679. The van der Waals surface area contributed by atoms with Gasteiger partial charge in [-0.15, -0.1) is 0 Å². The number of nitrogens with zero attached hydrogens (tertiary/aromatic N) is 1. The third kappa shape index (κ3) is 2.45. The number of aliphatic hydroxyl groups excluding tert-OH is 1. The molecule has 3 nitrogen and oxygen atoms in total. The highest BCUT2D eigenvalue weighted by molar-refractivity contribution is 6.35. The maximum absolute atomic E-state index is 12.7. The van der Waals surface area contributed by atoms with Crippen molar-refractivity contribution in [3.8, 4) is 0 Å². The maximum Gasteiger partial charge on any atom is 0.233 e. The summed E-state index contributed by atoms with van der Waals surface area (Å²) in [6.45, 7) is 2.74. The van der Waals surface area contributed by atoms with Crippen LogP contribution in [0.25, 0.3) is 0 Å².